The zero-order valence-electron chi connectivity index (χ0n) is 33.7. The van der Waals surface area contributed by atoms with Crippen LogP contribution in [0.1, 0.15) is 0 Å². The minimum atomic E-state index is -0.280. The highest BCUT2D eigenvalue weighted by Gasteiger charge is 2.53. The predicted octanol–water partition coefficient (Wildman–Crippen LogP) is 7.58. The SMILES string of the molecule is c1ccc(N2c3cccc4c3B(c3c2cc2c5c3Oc3ccccc3B5c3ccccc3O2)c2c(cc3c5c2Oc2ccccc2B5c2ccccc2S3)N4c2ccccc2)cc1. The minimum Gasteiger partial charge on any atom is -0.459 e. The third-order valence-electron chi connectivity index (χ3n) is 13.9. The molecule has 63 heavy (non-hydrogen) atoms. The Bertz CT molecular complexity index is 3230. The Labute approximate surface area is 369 Å². The number of nitrogens with zero attached hydrogens (tertiary/aromatic N) is 2. The summed E-state index contributed by atoms with van der Waals surface area (Å²) < 4.78 is 21.9. The summed E-state index contributed by atoms with van der Waals surface area (Å²) in [6.45, 7) is -0.353. The molecule has 5 nitrogen and oxygen atoms in total. The molecule has 9 aromatic rings. The first-order valence-electron chi connectivity index (χ1n) is 21.6. The molecule has 0 spiro atoms. The van der Waals surface area contributed by atoms with E-state index in [4.69, 9.17) is 14.2 Å². The summed E-state index contributed by atoms with van der Waals surface area (Å²) in [7, 11) is 0. The molecule has 6 heterocycles. The monoisotopic (exact) mass is 820 g/mol. The molecule has 0 unspecified atom stereocenters. The number of ether oxygens (including phenoxy) is 3. The van der Waals surface area contributed by atoms with Crippen LogP contribution in [0.25, 0.3) is 0 Å². The van der Waals surface area contributed by atoms with Gasteiger partial charge in [-0.2, -0.15) is 0 Å². The summed E-state index contributed by atoms with van der Waals surface area (Å²) in [5.74, 6) is 5.22. The van der Waals surface area contributed by atoms with Gasteiger partial charge in [-0.1, -0.05) is 132 Å². The molecular weight excluding hydrogens is 789 g/mol. The second-order valence-electron chi connectivity index (χ2n) is 17.0. The lowest BCUT2D eigenvalue weighted by Gasteiger charge is -2.47. The van der Waals surface area contributed by atoms with Gasteiger partial charge in [0.1, 0.15) is 34.5 Å². The van der Waals surface area contributed by atoms with Crippen LogP contribution in [0.3, 0.4) is 0 Å². The van der Waals surface area contributed by atoms with E-state index >= 15 is 0 Å². The molecule has 9 heteroatoms. The summed E-state index contributed by atoms with van der Waals surface area (Å²) in [5.41, 5.74) is 17.0. The van der Waals surface area contributed by atoms with E-state index < -0.39 is 0 Å². The average molecular weight is 820 g/mol. The highest BCUT2D eigenvalue weighted by Crippen LogP contribution is 2.50. The number of para-hydroxylation sites is 5. The Morgan fingerprint density at radius 1 is 0.317 bits per heavy atom. The van der Waals surface area contributed by atoms with Gasteiger partial charge in [0, 0.05) is 55.4 Å². The molecule has 9 aromatic carbocycles. The summed E-state index contributed by atoms with van der Waals surface area (Å²) in [5, 5.41) is 0. The van der Waals surface area contributed by atoms with Crippen molar-refractivity contribution < 1.29 is 14.2 Å². The van der Waals surface area contributed by atoms with Crippen LogP contribution in [-0.4, -0.2) is 20.1 Å². The van der Waals surface area contributed by atoms with Gasteiger partial charge in [0.05, 0.1) is 0 Å². The fourth-order valence-corrected chi connectivity index (χ4v) is 12.6. The van der Waals surface area contributed by atoms with E-state index in [2.05, 4.69) is 198 Å². The fourth-order valence-electron chi connectivity index (χ4n) is 11.5. The summed E-state index contributed by atoms with van der Waals surface area (Å²) in [4.78, 5) is 7.38. The Morgan fingerprint density at radius 3 is 1.40 bits per heavy atom. The van der Waals surface area contributed by atoms with E-state index in [1.54, 1.807) is 0 Å². The number of fused-ring (bicyclic) bond motifs is 14. The maximum atomic E-state index is 7.46. The van der Waals surface area contributed by atoms with E-state index in [1.807, 2.05) is 11.8 Å². The first kappa shape index (κ1) is 34.2. The first-order valence-corrected chi connectivity index (χ1v) is 22.4. The Balaban J connectivity index is 1.11. The quantitative estimate of drug-likeness (QED) is 0.168. The second-order valence-corrected chi connectivity index (χ2v) is 18.1. The predicted molar refractivity (Wildman–Crippen MR) is 260 cm³/mol. The molecule has 15 rings (SSSR count). The molecule has 6 aliphatic rings. The highest BCUT2D eigenvalue weighted by atomic mass is 32.2. The van der Waals surface area contributed by atoms with Crippen molar-refractivity contribution >= 4 is 115 Å². The van der Waals surface area contributed by atoms with Gasteiger partial charge in [-0.15, -0.1) is 0 Å². The molecule has 0 N–H and O–H groups in total. The zero-order chi connectivity index (χ0) is 40.9. The molecule has 0 bridgehead atoms. The van der Waals surface area contributed by atoms with Crippen LogP contribution in [0, 0.1) is 0 Å². The van der Waals surface area contributed by atoms with Crippen LogP contribution in [0.5, 0.6) is 34.5 Å². The molecule has 0 atom stereocenters. The van der Waals surface area contributed by atoms with Crippen molar-refractivity contribution in [2.75, 3.05) is 9.80 Å². The molecule has 0 saturated heterocycles. The van der Waals surface area contributed by atoms with Gasteiger partial charge in [0.2, 0.25) is 0 Å². The van der Waals surface area contributed by atoms with Gasteiger partial charge in [-0.05, 0) is 105 Å². The van der Waals surface area contributed by atoms with E-state index in [0.29, 0.717) is 0 Å². The lowest BCUT2D eigenvalue weighted by atomic mass is 9.29. The van der Waals surface area contributed by atoms with E-state index in [9.17, 15) is 0 Å². The first-order chi connectivity index (χ1) is 31.3. The molecule has 0 amide bonds. The van der Waals surface area contributed by atoms with Crippen molar-refractivity contribution in [1.29, 1.82) is 0 Å². The molecule has 0 fully saturated rings. The Hall–Kier alpha value is -7.48. The van der Waals surface area contributed by atoms with Gasteiger partial charge in [0.25, 0.3) is 20.1 Å². The minimum absolute atomic E-state index is 0.00712. The lowest BCUT2D eigenvalue weighted by molar-refractivity contribution is 0.467. The number of benzene rings is 9. The number of hydrogen-bond acceptors (Lipinski definition) is 6. The van der Waals surface area contributed by atoms with E-state index in [0.717, 1.165) is 95.9 Å². The maximum Gasteiger partial charge on any atom is 0.261 e. The van der Waals surface area contributed by atoms with Crippen LogP contribution < -0.4 is 73.2 Å². The molecule has 0 saturated carbocycles. The zero-order valence-corrected chi connectivity index (χ0v) is 34.5. The topological polar surface area (TPSA) is 34.2 Å². The number of anilines is 6. The standard InChI is InChI=1S/C54H31B3N2O3S/c1-3-16-32(17-4-1)58-38-24-15-25-39-48(38)57(49-40(58)30-45-51-53(49)61-43-27-12-8-21-35(43)55(51)34-20-7-11-26-42(34)60-45)50-41(59(39)33-18-5-2-6-19-33)31-47-52-54(50)62-44-28-13-9-22-36(44)56(52)37-23-10-14-29-46(37)63-47/h1-31H. The molecule has 6 aliphatic heterocycles. The molecule has 0 radical (unpaired) electrons. The van der Waals surface area contributed by atoms with Gasteiger partial charge < -0.3 is 24.0 Å². The van der Waals surface area contributed by atoms with Crippen molar-refractivity contribution in [2.24, 2.45) is 0 Å². The molecule has 0 aromatic heterocycles. The third kappa shape index (κ3) is 4.52. The van der Waals surface area contributed by atoms with Crippen LogP contribution in [0.2, 0.25) is 0 Å². The molecule has 0 aliphatic carbocycles. The second kappa shape index (κ2) is 12.6. The van der Waals surface area contributed by atoms with Crippen molar-refractivity contribution in [3.8, 4) is 34.5 Å². The lowest BCUT2D eigenvalue weighted by Crippen LogP contribution is -2.66. The summed E-state index contributed by atoms with van der Waals surface area (Å²) in [6, 6.07) is 67.6. The Morgan fingerprint density at radius 2 is 0.794 bits per heavy atom. The van der Waals surface area contributed by atoms with Gasteiger partial charge in [-0.3, -0.25) is 0 Å². The summed E-state index contributed by atoms with van der Waals surface area (Å²) >= 11 is 1.85. The van der Waals surface area contributed by atoms with Gasteiger partial charge in [-0.25, -0.2) is 0 Å². The van der Waals surface area contributed by atoms with Crippen molar-refractivity contribution in [1.82, 2.24) is 0 Å². The smallest absolute Gasteiger partial charge is 0.261 e. The molecule has 290 valence electrons. The largest absolute Gasteiger partial charge is 0.459 e. The van der Waals surface area contributed by atoms with Crippen molar-refractivity contribution in [3.63, 3.8) is 0 Å². The molecular formula is C54H31B3N2O3S. The normalized spacial score (nSPS) is 14.5. The van der Waals surface area contributed by atoms with Crippen LogP contribution >= 0.6 is 11.8 Å². The van der Waals surface area contributed by atoms with E-state index in [-0.39, 0.29) is 20.1 Å². The number of rotatable bonds is 2. The van der Waals surface area contributed by atoms with Crippen LogP contribution in [0.4, 0.5) is 34.1 Å². The van der Waals surface area contributed by atoms with Crippen molar-refractivity contribution in [2.45, 2.75) is 9.79 Å². The fraction of sp³-hybridized carbons (Fsp3) is 0. The highest BCUT2D eigenvalue weighted by molar-refractivity contribution is 8.00. The third-order valence-corrected chi connectivity index (χ3v) is 15.0. The van der Waals surface area contributed by atoms with Crippen LogP contribution in [0.15, 0.2) is 198 Å². The van der Waals surface area contributed by atoms with Gasteiger partial charge in [0.15, 0.2) is 0 Å². The van der Waals surface area contributed by atoms with E-state index in [1.165, 1.54) is 31.6 Å². The Kier molecular flexibility index (Phi) is 6.81. The van der Waals surface area contributed by atoms with Crippen molar-refractivity contribution in [3.05, 3.63) is 188 Å². The van der Waals surface area contributed by atoms with Gasteiger partial charge >= 0.3 is 0 Å². The summed E-state index contributed by atoms with van der Waals surface area (Å²) in [6.07, 6.45) is 0. The average Bonchev–Trinajstić information content (AvgIpc) is 3.34. The maximum absolute atomic E-state index is 7.46. The number of hydrogen-bond donors (Lipinski definition) is 0. The van der Waals surface area contributed by atoms with Crippen LogP contribution in [-0.2, 0) is 0 Å².